The molecule has 0 spiro atoms. The van der Waals surface area contributed by atoms with E-state index in [9.17, 15) is 0 Å². The lowest BCUT2D eigenvalue weighted by Crippen LogP contribution is -2.26. The molecular weight excluding hydrogens is 190 g/mol. The van der Waals surface area contributed by atoms with Gasteiger partial charge in [-0.05, 0) is 18.7 Å². The molecule has 0 fully saturated rings. The van der Waals surface area contributed by atoms with E-state index in [1.165, 1.54) is 0 Å². The van der Waals surface area contributed by atoms with Gasteiger partial charge in [0.25, 0.3) is 0 Å². The van der Waals surface area contributed by atoms with Crippen LogP contribution in [-0.2, 0) is 6.54 Å². The fourth-order valence-corrected chi connectivity index (χ4v) is 1.44. The zero-order chi connectivity index (χ0) is 11.1. The molecule has 0 aromatic carbocycles. The summed E-state index contributed by atoms with van der Waals surface area (Å²) in [5, 5.41) is 12.0. The van der Waals surface area contributed by atoms with Crippen LogP contribution in [0.4, 0.5) is 5.69 Å². The van der Waals surface area contributed by atoms with Crippen LogP contribution in [0.1, 0.15) is 12.6 Å². The summed E-state index contributed by atoms with van der Waals surface area (Å²) in [6, 6.07) is 3.96. The highest BCUT2D eigenvalue weighted by Crippen LogP contribution is 2.08. The molecule has 0 aliphatic heterocycles. The summed E-state index contributed by atoms with van der Waals surface area (Å²) in [6.45, 7) is 4.68. The Labute approximate surface area is 90.9 Å². The van der Waals surface area contributed by atoms with E-state index in [2.05, 4.69) is 22.1 Å². The van der Waals surface area contributed by atoms with Gasteiger partial charge < -0.3 is 10.4 Å². The number of pyridine rings is 1. The third kappa shape index (κ3) is 3.85. The molecule has 0 saturated heterocycles. The Bertz CT molecular complexity index is 291. The number of aromatic nitrogens is 1. The number of aliphatic hydroxyl groups excluding tert-OH is 1. The first kappa shape index (κ1) is 11.9. The minimum atomic E-state index is 0.194. The number of hydrogen-bond donors (Lipinski definition) is 2. The molecule has 84 valence electrons. The summed E-state index contributed by atoms with van der Waals surface area (Å²) in [7, 11) is 1.89. The van der Waals surface area contributed by atoms with Crippen molar-refractivity contribution in [1.82, 2.24) is 9.88 Å². The van der Waals surface area contributed by atoms with E-state index in [-0.39, 0.29) is 6.61 Å². The second-order valence-electron chi connectivity index (χ2n) is 3.38. The van der Waals surface area contributed by atoms with Crippen molar-refractivity contribution in [2.24, 2.45) is 0 Å². The Hall–Kier alpha value is -1.13. The van der Waals surface area contributed by atoms with Crippen LogP contribution in [0.15, 0.2) is 18.3 Å². The maximum Gasteiger partial charge on any atom is 0.0564 e. The molecule has 0 aliphatic rings. The van der Waals surface area contributed by atoms with Gasteiger partial charge in [0.1, 0.15) is 0 Å². The average Bonchev–Trinajstić information content (AvgIpc) is 2.29. The molecule has 1 aromatic heterocycles. The van der Waals surface area contributed by atoms with E-state index >= 15 is 0 Å². The number of anilines is 1. The van der Waals surface area contributed by atoms with Crippen molar-refractivity contribution in [3.05, 3.63) is 24.0 Å². The molecule has 0 atom stereocenters. The number of likely N-dealkylation sites (N-methyl/N-ethyl adjacent to an activating group) is 1. The van der Waals surface area contributed by atoms with Gasteiger partial charge >= 0.3 is 0 Å². The zero-order valence-corrected chi connectivity index (χ0v) is 9.40. The van der Waals surface area contributed by atoms with Crippen molar-refractivity contribution < 1.29 is 5.11 Å². The van der Waals surface area contributed by atoms with Crippen molar-refractivity contribution in [1.29, 1.82) is 0 Å². The first-order valence-corrected chi connectivity index (χ1v) is 5.26. The summed E-state index contributed by atoms with van der Waals surface area (Å²) in [4.78, 5) is 6.45. The number of rotatable bonds is 6. The smallest absolute Gasteiger partial charge is 0.0564 e. The molecule has 0 bridgehead atoms. The van der Waals surface area contributed by atoms with Gasteiger partial charge in [-0.2, -0.15) is 0 Å². The topological polar surface area (TPSA) is 48.4 Å². The minimum absolute atomic E-state index is 0.194. The highest BCUT2D eigenvalue weighted by atomic mass is 16.3. The van der Waals surface area contributed by atoms with Crippen LogP contribution >= 0.6 is 0 Å². The molecule has 4 heteroatoms. The molecule has 1 heterocycles. The van der Waals surface area contributed by atoms with E-state index in [1.807, 2.05) is 19.2 Å². The highest BCUT2D eigenvalue weighted by Gasteiger charge is 2.04. The third-order valence-corrected chi connectivity index (χ3v) is 2.35. The summed E-state index contributed by atoms with van der Waals surface area (Å²) >= 11 is 0. The van der Waals surface area contributed by atoms with E-state index in [4.69, 9.17) is 5.11 Å². The first-order valence-electron chi connectivity index (χ1n) is 5.26. The van der Waals surface area contributed by atoms with E-state index in [1.54, 1.807) is 6.20 Å². The van der Waals surface area contributed by atoms with Crippen molar-refractivity contribution in [2.75, 3.05) is 32.1 Å². The van der Waals surface area contributed by atoms with Gasteiger partial charge in [-0.1, -0.05) is 6.92 Å². The standard InChI is InChI=1S/C11H19N3O/c1-3-14(6-7-15)9-11-8-10(12-2)4-5-13-11/h4-5,8,15H,3,6-7,9H2,1-2H3,(H,12,13). The van der Waals surface area contributed by atoms with Crippen LogP contribution in [0.3, 0.4) is 0 Å². The molecule has 0 amide bonds. The highest BCUT2D eigenvalue weighted by molar-refractivity contribution is 5.42. The quantitative estimate of drug-likeness (QED) is 0.732. The fourth-order valence-electron chi connectivity index (χ4n) is 1.44. The Kier molecular flexibility index (Phi) is 5.07. The molecule has 0 radical (unpaired) electrons. The molecule has 0 unspecified atom stereocenters. The van der Waals surface area contributed by atoms with Crippen molar-refractivity contribution in [3.8, 4) is 0 Å². The van der Waals surface area contributed by atoms with Crippen LogP contribution in [-0.4, -0.2) is 41.7 Å². The van der Waals surface area contributed by atoms with Gasteiger partial charge in [-0.3, -0.25) is 9.88 Å². The molecular formula is C11H19N3O. The van der Waals surface area contributed by atoms with Crippen LogP contribution in [0.25, 0.3) is 0 Å². The second-order valence-corrected chi connectivity index (χ2v) is 3.38. The Morgan fingerprint density at radius 2 is 2.33 bits per heavy atom. The molecule has 2 N–H and O–H groups in total. The van der Waals surface area contributed by atoms with Gasteiger partial charge in [-0.15, -0.1) is 0 Å². The van der Waals surface area contributed by atoms with Crippen LogP contribution in [0.2, 0.25) is 0 Å². The maximum absolute atomic E-state index is 8.87. The first-order chi connectivity index (χ1) is 7.30. The van der Waals surface area contributed by atoms with Crippen molar-refractivity contribution >= 4 is 5.69 Å². The summed E-state index contributed by atoms with van der Waals surface area (Å²) in [5.41, 5.74) is 2.09. The number of nitrogens with zero attached hydrogens (tertiary/aromatic N) is 2. The Balaban J connectivity index is 2.61. The van der Waals surface area contributed by atoms with Gasteiger partial charge in [0.05, 0.1) is 12.3 Å². The van der Waals surface area contributed by atoms with Crippen molar-refractivity contribution in [2.45, 2.75) is 13.5 Å². The summed E-state index contributed by atoms with van der Waals surface area (Å²) in [6.07, 6.45) is 1.80. The fraction of sp³-hybridized carbons (Fsp3) is 0.545. The van der Waals surface area contributed by atoms with Crippen molar-refractivity contribution in [3.63, 3.8) is 0 Å². The molecule has 1 rings (SSSR count). The summed E-state index contributed by atoms with van der Waals surface area (Å²) in [5.74, 6) is 0. The van der Waals surface area contributed by atoms with Gasteiger partial charge in [-0.25, -0.2) is 0 Å². The van der Waals surface area contributed by atoms with E-state index in [0.29, 0.717) is 6.54 Å². The Morgan fingerprint density at radius 3 is 2.93 bits per heavy atom. The van der Waals surface area contributed by atoms with E-state index in [0.717, 1.165) is 24.5 Å². The molecule has 1 aromatic rings. The lowest BCUT2D eigenvalue weighted by Gasteiger charge is -2.18. The number of aliphatic hydroxyl groups is 1. The average molecular weight is 209 g/mol. The molecule has 15 heavy (non-hydrogen) atoms. The second kappa shape index (κ2) is 6.37. The van der Waals surface area contributed by atoms with Gasteiger partial charge in [0.2, 0.25) is 0 Å². The Morgan fingerprint density at radius 1 is 1.53 bits per heavy atom. The monoisotopic (exact) mass is 209 g/mol. The minimum Gasteiger partial charge on any atom is -0.395 e. The lowest BCUT2D eigenvalue weighted by molar-refractivity contribution is 0.195. The van der Waals surface area contributed by atoms with Gasteiger partial charge in [0.15, 0.2) is 0 Å². The molecule has 0 aliphatic carbocycles. The van der Waals surface area contributed by atoms with Crippen LogP contribution in [0, 0.1) is 0 Å². The van der Waals surface area contributed by atoms with Crippen LogP contribution in [0.5, 0.6) is 0 Å². The third-order valence-electron chi connectivity index (χ3n) is 2.35. The lowest BCUT2D eigenvalue weighted by atomic mass is 10.3. The van der Waals surface area contributed by atoms with Crippen LogP contribution < -0.4 is 5.32 Å². The molecule has 0 saturated carbocycles. The number of hydrogen-bond acceptors (Lipinski definition) is 4. The maximum atomic E-state index is 8.87. The SMILES string of the molecule is CCN(CCO)Cc1cc(NC)ccn1. The van der Waals surface area contributed by atoms with E-state index < -0.39 is 0 Å². The normalized spacial score (nSPS) is 10.7. The largest absolute Gasteiger partial charge is 0.395 e. The number of nitrogens with one attached hydrogen (secondary N) is 1. The van der Waals surface area contributed by atoms with Gasteiger partial charge in [0, 0.05) is 32.0 Å². The predicted octanol–water partition coefficient (Wildman–Crippen LogP) is 0.937. The molecule has 4 nitrogen and oxygen atoms in total. The summed E-state index contributed by atoms with van der Waals surface area (Å²) < 4.78 is 0. The predicted molar refractivity (Wildman–Crippen MR) is 61.8 cm³/mol. The zero-order valence-electron chi connectivity index (χ0n) is 9.40.